The molecule has 1 saturated carbocycles. The first-order valence-electron chi connectivity index (χ1n) is 10.5. The number of carbonyl (C=O) groups is 2. The molecule has 0 spiro atoms. The fourth-order valence-corrected chi connectivity index (χ4v) is 5.79. The molecule has 2 N–H and O–H groups in total. The zero-order chi connectivity index (χ0) is 21.5. The molecule has 8 nitrogen and oxygen atoms in total. The van der Waals surface area contributed by atoms with Crippen LogP contribution in [0.4, 0.5) is 5.13 Å². The van der Waals surface area contributed by atoms with Gasteiger partial charge in [0.15, 0.2) is 5.13 Å². The summed E-state index contributed by atoms with van der Waals surface area (Å²) in [5, 5.41) is 17.8. The second-order valence-corrected chi connectivity index (χ2v) is 9.18. The highest BCUT2D eigenvalue weighted by Gasteiger charge is 2.34. The molecule has 160 valence electrons. The summed E-state index contributed by atoms with van der Waals surface area (Å²) in [6, 6.07) is 4.08. The molecule has 9 heteroatoms. The number of nitrogens with zero attached hydrogens (tertiary/aromatic N) is 4. The Bertz CT molecular complexity index is 1150. The molecule has 3 heterocycles. The van der Waals surface area contributed by atoms with Crippen LogP contribution < -0.4 is 5.32 Å². The minimum atomic E-state index is -0.707. The average molecular weight is 438 g/mol. The lowest BCUT2D eigenvalue weighted by atomic mass is 9.86. The lowest BCUT2D eigenvalue weighted by Crippen LogP contribution is -2.24. The van der Waals surface area contributed by atoms with Crippen LogP contribution in [0, 0.1) is 5.92 Å². The molecule has 0 saturated heterocycles. The number of hydrogen-bond acceptors (Lipinski definition) is 6. The summed E-state index contributed by atoms with van der Waals surface area (Å²) in [6.07, 6.45) is 8.07. The van der Waals surface area contributed by atoms with E-state index in [0.29, 0.717) is 18.0 Å². The van der Waals surface area contributed by atoms with E-state index in [1.54, 1.807) is 6.20 Å². The summed E-state index contributed by atoms with van der Waals surface area (Å²) in [6.45, 7) is 1.48. The highest BCUT2D eigenvalue weighted by Crippen LogP contribution is 2.46. The molecule has 3 aromatic rings. The number of pyridine rings is 1. The molecule has 3 aromatic heterocycles. The second kappa shape index (κ2) is 7.88. The number of carbonyl (C=O) groups excluding carboxylic acids is 1. The van der Waals surface area contributed by atoms with E-state index in [1.165, 1.54) is 23.8 Å². The first kappa shape index (κ1) is 19.9. The van der Waals surface area contributed by atoms with E-state index in [4.69, 9.17) is 5.10 Å². The Morgan fingerprint density at radius 2 is 2.03 bits per heavy atom. The average Bonchev–Trinajstić information content (AvgIpc) is 3.34. The van der Waals surface area contributed by atoms with E-state index in [-0.39, 0.29) is 17.9 Å². The van der Waals surface area contributed by atoms with Crippen LogP contribution in [-0.2, 0) is 22.4 Å². The number of aliphatic carboxylic acids is 1. The minimum Gasteiger partial charge on any atom is -0.481 e. The molecule has 0 aromatic carbocycles. The lowest BCUT2D eigenvalue weighted by Gasteiger charge is -2.28. The summed E-state index contributed by atoms with van der Waals surface area (Å²) < 4.78 is 2.10. The number of carboxylic acid groups (broad SMARTS) is 1. The molecule has 0 radical (unpaired) electrons. The highest BCUT2D eigenvalue weighted by atomic mass is 32.1. The number of nitrogens with one attached hydrogen (secondary N) is 1. The molecule has 2 aliphatic rings. The van der Waals surface area contributed by atoms with Gasteiger partial charge in [-0.2, -0.15) is 5.10 Å². The topological polar surface area (TPSA) is 110 Å². The maximum absolute atomic E-state index is 11.5. The SMILES string of the molecule is CC(=O)Nc1nc2c(s1)-c1c(c(-c3cccnc3)nn1[C@H]1CC[C@@H](C(=O)O)CC1)CC2. The number of anilines is 1. The molecule has 2 aliphatic carbocycles. The Kier molecular flexibility index (Phi) is 5.05. The van der Waals surface area contributed by atoms with Gasteiger partial charge in [-0.15, -0.1) is 0 Å². The molecule has 5 rings (SSSR count). The van der Waals surface area contributed by atoms with E-state index >= 15 is 0 Å². The summed E-state index contributed by atoms with van der Waals surface area (Å²) >= 11 is 1.48. The monoisotopic (exact) mass is 437 g/mol. The van der Waals surface area contributed by atoms with Gasteiger partial charge in [-0.3, -0.25) is 19.3 Å². The standard InChI is InChI=1S/C22H23N5O3S/c1-12(28)24-22-25-17-9-8-16-18(14-3-2-10-23-11-14)26-27(19(16)20(17)31-22)15-6-4-13(5-7-15)21(29)30/h2-3,10-11,13,15H,4-9H2,1H3,(H,29,30)(H,24,25,28)/t13-,15+. The van der Waals surface area contributed by atoms with E-state index in [0.717, 1.165) is 53.2 Å². The van der Waals surface area contributed by atoms with E-state index < -0.39 is 5.97 Å². The van der Waals surface area contributed by atoms with Crippen LogP contribution in [0.25, 0.3) is 21.8 Å². The summed E-state index contributed by atoms with van der Waals surface area (Å²) in [5.74, 6) is -1.12. The van der Waals surface area contributed by atoms with E-state index in [1.807, 2.05) is 18.3 Å². The maximum atomic E-state index is 11.5. The molecular weight excluding hydrogens is 414 g/mol. The Hall–Kier alpha value is -3.07. The third-order valence-corrected chi connectivity index (χ3v) is 7.16. The third kappa shape index (κ3) is 3.63. The van der Waals surface area contributed by atoms with Crippen molar-refractivity contribution >= 4 is 28.3 Å². The largest absolute Gasteiger partial charge is 0.481 e. The predicted octanol–water partition coefficient (Wildman–Crippen LogP) is 3.94. The van der Waals surface area contributed by atoms with Crippen molar-refractivity contribution in [3.05, 3.63) is 35.8 Å². The van der Waals surface area contributed by atoms with Gasteiger partial charge in [0, 0.05) is 30.4 Å². The molecule has 0 atom stereocenters. The quantitative estimate of drug-likeness (QED) is 0.640. The first-order valence-corrected chi connectivity index (χ1v) is 11.3. The van der Waals surface area contributed by atoms with Crippen LogP contribution in [0.1, 0.15) is 49.9 Å². The van der Waals surface area contributed by atoms with Gasteiger partial charge in [-0.1, -0.05) is 11.3 Å². The number of aromatic nitrogens is 4. The van der Waals surface area contributed by atoms with Crippen molar-refractivity contribution in [1.82, 2.24) is 19.7 Å². The minimum absolute atomic E-state index is 0.136. The third-order valence-electron chi connectivity index (χ3n) is 6.14. The van der Waals surface area contributed by atoms with Crippen LogP contribution in [0.15, 0.2) is 24.5 Å². The van der Waals surface area contributed by atoms with E-state index in [9.17, 15) is 14.7 Å². The second-order valence-electron chi connectivity index (χ2n) is 8.18. The first-order chi connectivity index (χ1) is 15.0. The molecule has 31 heavy (non-hydrogen) atoms. The fourth-order valence-electron chi connectivity index (χ4n) is 4.67. The normalized spacial score (nSPS) is 20.0. The molecule has 0 bridgehead atoms. The number of rotatable bonds is 4. The molecule has 1 fully saturated rings. The smallest absolute Gasteiger partial charge is 0.306 e. The van der Waals surface area contributed by atoms with Gasteiger partial charge < -0.3 is 10.4 Å². The Balaban J connectivity index is 1.60. The van der Waals surface area contributed by atoms with Crippen LogP contribution in [-0.4, -0.2) is 36.7 Å². The van der Waals surface area contributed by atoms with E-state index in [2.05, 4.69) is 20.0 Å². The lowest BCUT2D eigenvalue weighted by molar-refractivity contribution is -0.143. The number of aryl methyl sites for hydroxylation is 1. The van der Waals surface area contributed by atoms with Crippen molar-refractivity contribution in [3.8, 4) is 21.8 Å². The Morgan fingerprint density at radius 3 is 2.71 bits per heavy atom. The van der Waals surface area contributed by atoms with Crippen molar-refractivity contribution in [2.75, 3.05) is 5.32 Å². The van der Waals surface area contributed by atoms with Crippen LogP contribution in [0.2, 0.25) is 0 Å². The summed E-state index contributed by atoms with van der Waals surface area (Å²) in [5.41, 5.74) is 5.14. The highest BCUT2D eigenvalue weighted by molar-refractivity contribution is 7.19. The van der Waals surface area contributed by atoms with Crippen LogP contribution in [0.5, 0.6) is 0 Å². The predicted molar refractivity (Wildman–Crippen MR) is 117 cm³/mol. The van der Waals surface area contributed by atoms with Crippen molar-refractivity contribution in [3.63, 3.8) is 0 Å². The van der Waals surface area contributed by atoms with Crippen molar-refractivity contribution in [2.45, 2.75) is 51.5 Å². The fraction of sp³-hybridized carbons (Fsp3) is 0.409. The zero-order valence-electron chi connectivity index (χ0n) is 17.2. The summed E-state index contributed by atoms with van der Waals surface area (Å²) in [7, 11) is 0. The number of fused-ring (bicyclic) bond motifs is 3. The Labute approximate surface area is 183 Å². The maximum Gasteiger partial charge on any atom is 0.306 e. The number of thiazole rings is 1. The van der Waals surface area contributed by atoms with Crippen molar-refractivity contribution in [2.24, 2.45) is 5.92 Å². The summed E-state index contributed by atoms with van der Waals surface area (Å²) in [4.78, 5) is 32.9. The molecule has 1 amide bonds. The van der Waals surface area contributed by atoms with Gasteiger partial charge in [0.25, 0.3) is 0 Å². The van der Waals surface area contributed by atoms with Gasteiger partial charge in [-0.25, -0.2) is 4.98 Å². The number of amides is 1. The van der Waals surface area contributed by atoms with Gasteiger partial charge in [-0.05, 0) is 50.7 Å². The number of hydrogen-bond donors (Lipinski definition) is 2. The zero-order valence-corrected chi connectivity index (χ0v) is 18.0. The molecule has 0 aliphatic heterocycles. The molecule has 0 unspecified atom stereocenters. The Morgan fingerprint density at radius 1 is 1.23 bits per heavy atom. The van der Waals surface area contributed by atoms with Gasteiger partial charge in [0.2, 0.25) is 5.91 Å². The van der Waals surface area contributed by atoms with Gasteiger partial charge >= 0.3 is 5.97 Å². The van der Waals surface area contributed by atoms with Gasteiger partial charge in [0.05, 0.1) is 33.9 Å². The van der Waals surface area contributed by atoms with Crippen molar-refractivity contribution < 1.29 is 14.7 Å². The van der Waals surface area contributed by atoms with Crippen molar-refractivity contribution in [1.29, 1.82) is 0 Å². The van der Waals surface area contributed by atoms with Crippen LogP contribution >= 0.6 is 11.3 Å². The molecular formula is C22H23N5O3S. The van der Waals surface area contributed by atoms with Crippen LogP contribution in [0.3, 0.4) is 0 Å². The number of carboxylic acids is 1. The van der Waals surface area contributed by atoms with Gasteiger partial charge in [0.1, 0.15) is 0 Å².